The van der Waals surface area contributed by atoms with Crippen molar-refractivity contribution in [3.8, 4) is 16.9 Å². The number of nitrogen functional groups attached to an aromatic ring is 1. The molecule has 100 valence electrons. The number of nitrogens with two attached hydrogens (primary N) is 1. The Morgan fingerprint density at radius 3 is 2.11 bits per heavy atom. The normalized spacial score (nSPS) is 11.4. The van der Waals surface area contributed by atoms with E-state index in [2.05, 4.69) is 0 Å². The van der Waals surface area contributed by atoms with Crippen LogP contribution in [0, 0.1) is 0 Å². The van der Waals surface area contributed by atoms with Crippen LogP contribution in [0.2, 0.25) is 0 Å². The van der Waals surface area contributed by atoms with Crippen LogP contribution in [-0.4, -0.2) is 7.11 Å². The van der Waals surface area contributed by atoms with Gasteiger partial charge in [-0.2, -0.15) is 13.2 Å². The highest BCUT2D eigenvalue weighted by Crippen LogP contribution is 2.33. The number of anilines is 1. The largest absolute Gasteiger partial charge is 0.497 e. The predicted molar refractivity (Wildman–Crippen MR) is 67.8 cm³/mol. The minimum atomic E-state index is -4.33. The molecule has 0 saturated heterocycles. The topological polar surface area (TPSA) is 35.2 Å². The molecule has 0 saturated carbocycles. The Kier molecular flexibility index (Phi) is 3.38. The van der Waals surface area contributed by atoms with Crippen LogP contribution < -0.4 is 10.5 Å². The van der Waals surface area contributed by atoms with E-state index >= 15 is 0 Å². The fourth-order valence-corrected chi connectivity index (χ4v) is 1.77. The Morgan fingerprint density at radius 2 is 1.63 bits per heavy atom. The summed E-state index contributed by atoms with van der Waals surface area (Å²) < 4.78 is 42.4. The van der Waals surface area contributed by atoms with Gasteiger partial charge >= 0.3 is 6.18 Å². The van der Waals surface area contributed by atoms with Crippen molar-refractivity contribution in [2.45, 2.75) is 6.18 Å². The van der Waals surface area contributed by atoms with Gasteiger partial charge in [-0.3, -0.25) is 0 Å². The SMILES string of the molecule is COc1ccc(-c2ccc(C(F)(F)F)cc2)c(N)c1. The van der Waals surface area contributed by atoms with Crippen LogP contribution in [0.4, 0.5) is 18.9 Å². The molecule has 2 aromatic rings. The first-order chi connectivity index (χ1) is 8.91. The Morgan fingerprint density at radius 1 is 1.00 bits per heavy atom. The van der Waals surface area contributed by atoms with E-state index < -0.39 is 11.7 Å². The zero-order valence-corrected chi connectivity index (χ0v) is 10.2. The van der Waals surface area contributed by atoms with Crippen LogP contribution in [0.1, 0.15) is 5.56 Å². The minimum Gasteiger partial charge on any atom is -0.497 e. The molecule has 0 atom stereocenters. The molecule has 0 bridgehead atoms. The Bertz CT molecular complexity index is 576. The van der Waals surface area contributed by atoms with E-state index in [1.54, 1.807) is 18.2 Å². The van der Waals surface area contributed by atoms with Gasteiger partial charge in [-0.05, 0) is 29.8 Å². The van der Waals surface area contributed by atoms with E-state index in [4.69, 9.17) is 10.5 Å². The minimum absolute atomic E-state index is 0.458. The molecule has 0 aromatic heterocycles. The molecule has 0 radical (unpaired) electrons. The van der Waals surface area contributed by atoms with E-state index in [0.29, 0.717) is 22.6 Å². The molecule has 2 nitrogen and oxygen atoms in total. The zero-order valence-electron chi connectivity index (χ0n) is 10.2. The highest BCUT2D eigenvalue weighted by Gasteiger charge is 2.29. The van der Waals surface area contributed by atoms with Gasteiger partial charge in [-0.1, -0.05) is 12.1 Å². The first-order valence-electron chi connectivity index (χ1n) is 5.53. The Labute approximate surface area is 108 Å². The monoisotopic (exact) mass is 267 g/mol. The average Bonchev–Trinajstić information content (AvgIpc) is 2.37. The zero-order chi connectivity index (χ0) is 14.0. The second kappa shape index (κ2) is 4.84. The van der Waals surface area contributed by atoms with E-state index in [1.807, 2.05) is 0 Å². The molecule has 0 aliphatic heterocycles. The van der Waals surface area contributed by atoms with Crippen LogP contribution >= 0.6 is 0 Å². The van der Waals surface area contributed by atoms with Gasteiger partial charge in [-0.25, -0.2) is 0 Å². The molecule has 0 heterocycles. The molecule has 0 spiro atoms. The quantitative estimate of drug-likeness (QED) is 0.836. The van der Waals surface area contributed by atoms with Crippen LogP contribution in [0.5, 0.6) is 5.75 Å². The lowest BCUT2D eigenvalue weighted by Gasteiger charge is -2.10. The molecule has 0 amide bonds. The van der Waals surface area contributed by atoms with Crippen molar-refractivity contribution >= 4 is 5.69 Å². The van der Waals surface area contributed by atoms with Crippen molar-refractivity contribution in [3.63, 3.8) is 0 Å². The second-order valence-corrected chi connectivity index (χ2v) is 4.03. The fourth-order valence-electron chi connectivity index (χ4n) is 1.77. The molecule has 5 heteroatoms. The summed E-state index contributed by atoms with van der Waals surface area (Å²) in [4.78, 5) is 0. The highest BCUT2D eigenvalue weighted by molar-refractivity contribution is 5.77. The predicted octanol–water partition coefficient (Wildman–Crippen LogP) is 3.96. The van der Waals surface area contributed by atoms with Crippen LogP contribution in [0.15, 0.2) is 42.5 Å². The van der Waals surface area contributed by atoms with Crippen molar-refractivity contribution in [1.29, 1.82) is 0 Å². The maximum Gasteiger partial charge on any atom is 0.416 e. The van der Waals surface area contributed by atoms with Gasteiger partial charge in [0.2, 0.25) is 0 Å². The average molecular weight is 267 g/mol. The summed E-state index contributed by atoms with van der Waals surface area (Å²) in [7, 11) is 1.52. The van der Waals surface area contributed by atoms with E-state index in [-0.39, 0.29) is 0 Å². The molecule has 2 N–H and O–H groups in total. The highest BCUT2D eigenvalue weighted by atomic mass is 19.4. The van der Waals surface area contributed by atoms with Gasteiger partial charge in [0.15, 0.2) is 0 Å². The third kappa shape index (κ3) is 2.81. The van der Waals surface area contributed by atoms with Crippen LogP contribution in [0.3, 0.4) is 0 Å². The number of alkyl halides is 3. The number of methoxy groups -OCH3 is 1. The standard InChI is InChI=1S/C14H12F3NO/c1-19-11-6-7-12(13(18)8-11)9-2-4-10(5-3-9)14(15,16)17/h2-8H,18H2,1H3. The lowest BCUT2D eigenvalue weighted by Crippen LogP contribution is -2.04. The number of benzene rings is 2. The van der Waals surface area contributed by atoms with E-state index in [1.165, 1.54) is 19.2 Å². The van der Waals surface area contributed by atoms with E-state index in [0.717, 1.165) is 12.1 Å². The molecule has 0 fully saturated rings. The number of halogens is 3. The summed E-state index contributed by atoms with van der Waals surface area (Å²) >= 11 is 0. The molecule has 2 aromatic carbocycles. The summed E-state index contributed by atoms with van der Waals surface area (Å²) in [6, 6.07) is 9.95. The van der Waals surface area contributed by atoms with Crippen LogP contribution in [0.25, 0.3) is 11.1 Å². The molecule has 0 unspecified atom stereocenters. The molecular weight excluding hydrogens is 255 g/mol. The number of ether oxygens (including phenoxy) is 1. The van der Waals surface area contributed by atoms with Crippen molar-refractivity contribution in [2.75, 3.05) is 12.8 Å². The lowest BCUT2D eigenvalue weighted by atomic mass is 10.0. The molecule has 0 aliphatic rings. The first-order valence-corrected chi connectivity index (χ1v) is 5.53. The van der Waals surface area contributed by atoms with Gasteiger partial charge in [-0.15, -0.1) is 0 Å². The molecule has 19 heavy (non-hydrogen) atoms. The fraction of sp³-hybridized carbons (Fsp3) is 0.143. The van der Waals surface area contributed by atoms with Crippen molar-refractivity contribution in [2.24, 2.45) is 0 Å². The van der Waals surface area contributed by atoms with Gasteiger partial charge in [0, 0.05) is 17.3 Å². The maximum atomic E-state index is 12.5. The molecule has 2 rings (SSSR count). The first kappa shape index (κ1) is 13.3. The number of hydrogen-bond acceptors (Lipinski definition) is 2. The van der Waals surface area contributed by atoms with Gasteiger partial charge < -0.3 is 10.5 Å². The summed E-state index contributed by atoms with van der Waals surface area (Å²) in [6.45, 7) is 0. The summed E-state index contributed by atoms with van der Waals surface area (Å²) in [5.74, 6) is 0.605. The second-order valence-electron chi connectivity index (χ2n) is 4.03. The maximum absolute atomic E-state index is 12.5. The smallest absolute Gasteiger partial charge is 0.416 e. The summed E-state index contributed by atoms with van der Waals surface area (Å²) in [5.41, 5.74) is 6.94. The third-order valence-electron chi connectivity index (χ3n) is 2.78. The number of rotatable bonds is 2. The Balaban J connectivity index is 2.37. The van der Waals surface area contributed by atoms with Gasteiger partial charge in [0.05, 0.1) is 12.7 Å². The lowest BCUT2D eigenvalue weighted by molar-refractivity contribution is -0.137. The van der Waals surface area contributed by atoms with Crippen LogP contribution in [-0.2, 0) is 6.18 Å². The molecule has 0 aliphatic carbocycles. The Hall–Kier alpha value is -2.17. The van der Waals surface area contributed by atoms with Crippen molar-refractivity contribution < 1.29 is 17.9 Å². The van der Waals surface area contributed by atoms with Gasteiger partial charge in [0.25, 0.3) is 0 Å². The van der Waals surface area contributed by atoms with E-state index in [9.17, 15) is 13.2 Å². The summed E-state index contributed by atoms with van der Waals surface area (Å²) in [6.07, 6.45) is -4.33. The molecular formula is C14H12F3NO. The van der Waals surface area contributed by atoms with Crippen molar-refractivity contribution in [1.82, 2.24) is 0 Å². The third-order valence-corrected chi connectivity index (χ3v) is 2.78. The van der Waals surface area contributed by atoms with Crippen molar-refractivity contribution in [3.05, 3.63) is 48.0 Å². The van der Waals surface area contributed by atoms with Gasteiger partial charge in [0.1, 0.15) is 5.75 Å². The summed E-state index contributed by atoms with van der Waals surface area (Å²) in [5, 5.41) is 0. The number of hydrogen-bond donors (Lipinski definition) is 1.